The van der Waals surface area contributed by atoms with E-state index in [0.29, 0.717) is 0 Å². The van der Waals surface area contributed by atoms with Crippen LogP contribution >= 0.6 is 15.6 Å². The molecular weight excluding hydrogens is 246 g/mol. The number of hydrogen-bond acceptors (Lipinski definition) is 5. The summed E-state index contributed by atoms with van der Waals surface area (Å²) >= 11 is 0. The van der Waals surface area contributed by atoms with Crippen LogP contribution in [0.4, 0.5) is 0 Å². The zero-order chi connectivity index (χ0) is 12.1. The highest BCUT2D eigenvalue weighted by Crippen LogP contribution is 2.61. The van der Waals surface area contributed by atoms with Gasteiger partial charge in [-0.25, -0.2) is 9.13 Å². The molecular formula is C6H12O7P2. The first-order valence-corrected chi connectivity index (χ1v) is 6.65. The molecule has 0 saturated heterocycles. The minimum Gasteiger partial charge on any atom is -0.409 e. The van der Waals surface area contributed by atoms with E-state index in [4.69, 9.17) is 9.79 Å². The number of hydrogen-bond donors (Lipinski definition) is 2. The maximum atomic E-state index is 11.5. The van der Waals surface area contributed by atoms with Crippen molar-refractivity contribution in [2.24, 2.45) is 0 Å². The Morgan fingerprint density at radius 3 is 2.33 bits per heavy atom. The van der Waals surface area contributed by atoms with E-state index in [2.05, 4.69) is 26.5 Å². The maximum absolute atomic E-state index is 11.5. The Balaban J connectivity index is 4.69. The van der Waals surface area contributed by atoms with Crippen molar-refractivity contribution in [2.75, 3.05) is 6.61 Å². The standard InChI is InChI=1S/C6H12O7P2/c1-4-5-11-15(10,12-6(2)3)13-14(7,8)9/h4H,1-2,5H2,3H3,(H2,7,8,9). The van der Waals surface area contributed by atoms with Crippen LogP contribution in [0.2, 0.25) is 0 Å². The fourth-order valence-electron chi connectivity index (χ4n) is 0.532. The van der Waals surface area contributed by atoms with Gasteiger partial charge in [-0.3, -0.25) is 4.52 Å². The highest BCUT2D eigenvalue weighted by atomic mass is 31.3. The van der Waals surface area contributed by atoms with Gasteiger partial charge in [0.1, 0.15) is 0 Å². The second-order valence-electron chi connectivity index (χ2n) is 2.40. The molecule has 1 atom stereocenters. The summed E-state index contributed by atoms with van der Waals surface area (Å²) in [5, 5.41) is 0. The SMILES string of the molecule is C=CCOP(=O)(OC(=C)C)OP(=O)(O)O. The van der Waals surface area contributed by atoms with Crippen molar-refractivity contribution in [1.82, 2.24) is 0 Å². The molecule has 0 aliphatic carbocycles. The van der Waals surface area contributed by atoms with Crippen LogP contribution in [0.15, 0.2) is 25.0 Å². The van der Waals surface area contributed by atoms with Crippen LogP contribution in [0, 0.1) is 0 Å². The molecule has 0 spiro atoms. The normalized spacial score (nSPS) is 15.4. The Labute approximate surface area is 87.2 Å². The molecule has 7 nitrogen and oxygen atoms in total. The number of phosphoric ester groups is 1. The molecule has 0 aliphatic rings. The molecule has 0 aromatic heterocycles. The van der Waals surface area contributed by atoms with E-state index in [9.17, 15) is 9.13 Å². The second kappa shape index (κ2) is 5.61. The molecule has 0 rings (SSSR count). The van der Waals surface area contributed by atoms with Crippen molar-refractivity contribution in [3.05, 3.63) is 25.0 Å². The predicted octanol–water partition coefficient (Wildman–Crippen LogP) is 1.96. The fourth-order valence-corrected chi connectivity index (χ4v) is 2.62. The van der Waals surface area contributed by atoms with Crippen LogP contribution in [0.25, 0.3) is 0 Å². The minimum absolute atomic E-state index is 0.0594. The van der Waals surface area contributed by atoms with Crippen LogP contribution in [0.5, 0.6) is 0 Å². The second-order valence-corrected chi connectivity index (χ2v) is 5.37. The van der Waals surface area contributed by atoms with E-state index >= 15 is 0 Å². The number of allylic oxidation sites excluding steroid dienone is 1. The summed E-state index contributed by atoms with van der Waals surface area (Å²) in [6, 6.07) is 0. The van der Waals surface area contributed by atoms with Crippen LogP contribution in [0.1, 0.15) is 6.92 Å². The zero-order valence-electron chi connectivity index (χ0n) is 8.03. The summed E-state index contributed by atoms with van der Waals surface area (Å²) in [5.74, 6) is -0.0594. The highest BCUT2D eigenvalue weighted by Gasteiger charge is 2.37. The van der Waals surface area contributed by atoms with E-state index in [-0.39, 0.29) is 12.4 Å². The molecule has 1 unspecified atom stereocenters. The van der Waals surface area contributed by atoms with Crippen molar-refractivity contribution in [3.8, 4) is 0 Å². The molecule has 9 heteroatoms. The average molecular weight is 258 g/mol. The lowest BCUT2D eigenvalue weighted by Crippen LogP contribution is -1.98. The molecule has 2 N–H and O–H groups in total. The summed E-state index contributed by atoms with van der Waals surface area (Å²) in [6.07, 6.45) is 1.22. The molecule has 0 aromatic carbocycles. The molecule has 0 aliphatic heterocycles. The van der Waals surface area contributed by atoms with Gasteiger partial charge in [0.05, 0.1) is 12.4 Å². The van der Waals surface area contributed by atoms with Crippen LogP contribution in [-0.2, 0) is 22.5 Å². The van der Waals surface area contributed by atoms with Gasteiger partial charge in [0.15, 0.2) is 0 Å². The third kappa shape index (κ3) is 7.50. The van der Waals surface area contributed by atoms with E-state index < -0.39 is 15.6 Å². The van der Waals surface area contributed by atoms with E-state index in [1.807, 2.05) is 0 Å². The Morgan fingerprint density at radius 1 is 1.47 bits per heavy atom. The zero-order valence-corrected chi connectivity index (χ0v) is 9.82. The summed E-state index contributed by atoms with van der Waals surface area (Å²) in [6.45, 7) is 7.59. The van der Waals surface area contributed by atoms with Gasteiger partial charge in [0, 0.05) is 0 Å². The van der Waals surface area contributed by atoms with Crippen LogP contribution in [0.3, 0.4) is 0 Å². The van der Waals surface area contributed by atoms with Gasteiger partial charge in [0.2, 0.25) is 0 Å². The Bertz CT molecular complexity index is 330. The van der Waals surface area contributed by atoms with Gasteiger partial charge in [-0.15, -0.1) is 6.58 Å². The van der Waals surface area contributed by atoms with E-state index in [1.54, 1.807) is 0 Å². The Hall–Kier alpha value is -0.420. The van der Waals surface area contributed by atoms with Crippen molar-refractivity contribution in [3.63, 3.8) is 0 Å². The van der Waals surface area contributed by atoms with Crippen molar-refractivity contribution in [1.29, 1.82) is 0 Å². The summed E-state index contributed by atoms with van der Waals surface area (Å²) in [5.41, 5.74) is 0. The highest BCUT2D eigenvalue weighted by molar-refractivity contribution is 7.61. The summed E-state index contributed by atoms with van der Waals surface area (Å²) < 4.78 is 34.9. The van der Waals surface area contributed by atoms with Gasteiger partial charge < -0.3 is 14.3 Å². The maximum Gasteiger partial charge on any atom is 0.539 e. The number of rotatable bonds is 7. The molecule has 0 aromatic rings. The Kier molecular flexibility index (Phi) is 5.45. The monoisotopic (exact) mass is 258 g/mol. The molecule has 88 valence electrons. The van der Waals surface area contributed by atoms with Gasteiger partial charge >= 0.3 is 15.6 Å². The van der Waals surface area contributed by atoms with Gasteiger partial charge in [-0.1, -0.05) is 12.7 Å². The molecule has 0 bridgehead atoms. The largest absolute Gasteiger partial charge is 0.539 e. The van der Waals surface area contributed by atoms with Crippen molar-refractivity contribution < 1.29 is 32.3 Å². The first-order valence-electron chi connectivity index (χ1n) is 3.66. The lowest BCUT2D eigenvalue weighted by molar-refractivity contribution is 0.176. The first-order chi connectivity index (χ1) is 6.68. The summed E-state index contributed by atoms with van der Waals surface area (Å²) in [7, 11) is -9.32. The lowest BCUT2D eigenvalue weighted by atomic mass is 10.7. The van der Waals surface area contributed by atoms with Crippen molar-refractivity contribution >= 4 is 15.6 Å². The third-order valence-corrected chi connectivity index (χ3v) is 3.48. The van der Waals surface area contributed by atoms with E-state index in [1.165, 1.54) is 13.0 Å². The predicted molar refractivity (Wildman–Crippen MR) is 52.8 cm³/mol. The van der Waals surface area contributed by atoms with Crippen LogP contribution < -0.4 is 0 Å². The van der Waals surface area contributed by atoms with Gasteiger partial charge in [-0.2, -0.15) is 4.31 Å². The topological polar surface area (TPSA) is 102 Å². The Morgan fingerprint density at radius 2 is 2.00 bits per heavy atom. The van der Waals surface area contributed by atoms with Crippen LogP contribution in [-0.4, -0.2) is 16.4 Å². The minimum atomic E-state index is -4.97. The fraction of sp³-hybridized carbons (Fsp3) is 0.333. The molecule has 0 heterocycles. The molecule has 0 saturated carbocycles. The van der Waals surface area contributed by atoms with Crippen molar-refractivity contribution in [2.45, 2.75) is 6.92 Å². The van der Waals surface area contributed by atoms with E-state index in [0.717, 1.165) is 0 Å². The first kappa shape index (κ1) is 14.6. The third-order valence-electron chi connectivity index (χ3n) is 0.825. The molecule has 0 radical (unpaired) electrons. The summed E-state index contributed by atoms with van der Waals surface area (Å²) in [4.78, 5) is 16.9. The molecule has 15 heavy (non-hydrogen) atoms. The lowest BCUT2D eigenvalue weighted by Gasteiger charge is -2.17. The van der Waals surface area contributed by atoms with Gasteiger partial charge in [-0.05, 0) is 6.92 Å². The van der Waals surface area contributed by atoms with Gasteiger partial charge in [0.25, 0.3) is 0 Å². The average Bonchev–Trinajstić information content (AvgIpc) is 1.95. The molecule has 0 amide bonds. The number of phosphoric acid groups is 2. The molecule has 0 fully saturated rings. The quantitative estimate of drug-likeness (QED) is 0.408. The smallest absolute Gasteiger partial charge is 0.409 e.